The predicted octanol–water partition coefficient (Wildman–Crippen LogP) is 2.47. The Bertz CT molecular complexity index is 77.1. The van der Waals surface area contributed by atoms with Crippen molar-refractivity contribution in [2.24, 2.45) is 0 Å². The van der Waals surface area contributed by atoms with Crippen LogP contribution in [0.4, 0.5) is 0 Å². The van der Waals surface area contributed by atoms with Gasteiger partial charge in [0.25, 0.3) is 0 Å². The van der Waals surface area contributed by atoms with Gasteiger partial charge in [-0.15, -0.1) is 0 Å². The summed E-state index contributed by atoms with van der Waals surface area (Å²) < 4.78 is 0. The van der Waals surface area contributed by atoms with Gasteiger partial charge in [-0.25, -0.2) is 0 Å². The van der Waals surface area contributed by atoms with Crippen LogP contribution in [0, 0.1) is 6.08 Å². The molecule has 0 bridgehead atoms. The minimum atomic E-state index is 0. The second-order valence-electron chi connectivity index (χ2n) is 2.00. The van der Waals surface area contributed by atoms with Gasteiger partial charge in [-0.2, -0.15) is 6.42 Å². The van der Waals surface area contributed by atoms with Crippen LogP contribution >= 0.6 is 0 Å². The Morgan fingerprint density at radius 1 is 1.00 bits per heavy atom. The van der Waals surface area contributed by atoms with Gasteiger partial charge in [0.15, 0.2) is 0 Å². The molecule has 1 rings (SSSR count). The van der Waals surface area contributed by atoms with Gasteiger partial charge < -0.3 is 6.08 Å². The van der Waals surface area contributed by atoms with Gasteiger partial charge in [0.2, 0.25) is 0 Å². The Kier molecular flexibility index (Phi) is 6.34. The summed E-state index contributed by atoms with van der Waals surface area (Å²) in [5, 5.41) is 0. The third-order valence-corrected chi connectivity index (χ3v) is 1.24. The zero-order chi connectivity index (χ0) is 5.66. The largest absolute Gasteiger partial charge is 0.500 e. The summed E-state index contributed by atoms with van der Waals surface area (Å²) in [5.41, 5.74) is 0. The van der Waals surface area contributed by atoms with E-state index in [0.29, 0.717) is 0 Å². The van der Waals surface area contributed by atoms with Crippen molar-refractivity contribution >= 4 is 0 Å². The summed E-state index contributed by atoms with van der Waals surface area (Å²) in [6.07, 6.45) is 14.5. The molecule has 0 nitrogen and oxygen atoms in total. The summed E-state index contributed by atoms with van der Waals surface area (Å²) in [7, 11) is 0. The minimum Gasteiger partial charge on any atom is -0.500 e. The Balaban J connectivity index is 0.000000640. The van der Waals surface area contributed by atoms with Gasteiger partial charge in [0.1, 0.15) is 0 Å². The topological polar surface area (TPSA) is 0 Å². The van der Waals surface area contributed by atoms with E-state index in [9.17, 15) is 0 Å². The molecule has 0 amide bonds. The molecule has 0 unspecified atom stereocenters. The van der Waals surface area contributed by atoms with Gasteiger partial charge in [0, 0.05) is 20.1 Å². The molecule has 0 heterocycles. The number of allylic oxidation sites excluding steroid dienone is 4. The van der Waals surface area contributed by atoms with Crippen molar-refractivity contribution in [2.45, 2.75) is 25.7 Å². The van der Waals surface area contributed by atoms with E-state index in [2.05, 4.69) is 24.3 Å². The van der Waals surface area contributed by atoms with Crippen molar-refractivity contribution in [3.8, 4) is 0 Å². The molecule has 1 heteroatoms. The Morgan fingerprint density at radius 2 is 1.78 bits per heavy atom. The van der Waals surface area contributed by atoms with E-state index in [4.69, 9.17) is 0 Å². The molecule has 0 spiro atoms. The second-order valence-corrected chi connectivity index (χ2v) is 2.00. The fraction of sp³-hybridized carbons (Fsp3) is 0.500. The maximum Gasteiger partial charge on any atom is 0 e. The molecule has 0 atom stereocenters. The molecule has 0 saturated carbocycles. The van der Waals surface area contributed by atoms with Crippen LogP contribution in [0.15, 0.2) is 18.2 Å². The summed E-state index contributed by atoms with van der Waals surface area (Å²) in [4.78, 5) is 0. The zero-order valence-electron chi connectivity index (χ0n) is 5.39. The molecule has 0 aromatic carbocycles. The zero-order valence-corrected chi connectivity index (χ0v) is 7.79. The molecule has 0 aliphatic heterocycles. The molecular formula is C8H11Ir-. The van der Waals surface area contributed by atoms with Crippen molar-refractivity contribution in [2.75, 3.05) is 0 Å². The van der Waals surface area contributed by atoms with Crippen molar-refractivity contribution < 1.29 is 20.1 Å². The molecule has 1 aliphatic rings. The first-order valence-corrected chi connectivity index (χ1v) is 3.20. The van der Waals surface area contributed by atoms with Crippen molar-refractivity contribution in [1.29, 1.82) is 0 Å². The van der Waals surface area contributed by atoms with Crippen molar-refractivity contribution in [3.63, 3.8) is 0 Å². The van der Waals surface area contributed by atoms with E-state index in [1.807, 2.05) is 0 Å². The summed E-state index contributed by atoms with van der Waals surface area (Å²) >= 11 is 0. The maximum absolute atomic E-state index is 3.21. The summed E-state index contributed by atoms with van der Waals surface area (Å²) in [6, 6.07) is 0. The molecule has 9 heavy (non-hydrogen) atoms. The van der Waals surface area contributed by atoms with Crippen molar-refractivity contribution in [1.82, 2.24) is 0 Å². The van der Waals surface area contributed by atoms with E-state index >= 15 is 0 Å². The van der Waals surface area contributed by atoms with Crippen LogP contribution in [0.1, 0.15) is 25.7 Å². The van der Waals surface area contributed by atoms with Gasteiger partial charge in [-0.1, -0.05) is 25.0 Å². The molecular weight excluding hydrogens is 288 g/mol. The van der Waals surface area contributed by atoms with Crippen LogP contribution in [0.25, 0.3) is 0 Å². The number of rotatable bonds is 0. The summed E-state index contributed by atoms with van der Waals surface area (Å²) in [6.45, 7) is 0. The van der Waals surface area contributed by atoms with Crippen LogP contribution in [0.5, 0.6) is 0 Å². The molecule has 1 aliphatic carbocycles. The molecule has 1 radical (unpaired) electrons. The molecule has 0 aromatic rings. The summed E-state index contributed by atoms with van der Waals surface area (Å²) in [5.74, 6) is 0. The quantitative estimate of drug-likeness (QED) is 0.476. The van der Waals surface area contributed by atoms with Gasteiger partial charge in [-0.3, -0.25) is 6.08 Å². The molecule has 53 valence electrons. The van der Waals surface area contributed by atoms with Crippen LogP contribution in [-0.4, -0.2) is 0 Å². The first kappa shape index (κ1) is 9.13. The SMILES string of the molecule is [C-]1=CCC/C=C\CC1.[Ir]. The first-order chi connectivity index (χ1) is 4.00. The fourth-order valence-corrected chi connectivity index (χ4v) is 0.786. The Morgan fingerprint density at radius 3 is 2.67 bits per heavy atom. The fourth-order valence-electron chi connectivity index (χ4n) is 0.786. The standard InChI is InChI=1S/C8H11.Ir/c1-2-4-6-8-7-5-3-1;/h1-2,7H,3-6H2;/q-1;/b2-1-;. The van der Waals surface area contributed by atoms with Crippen LogP contribution in [-0.2, 0) is 20.1 Å². The Labute approximate surface area is 70.4 Å². The molecule has 0 fully saturated rings. The number of hydrogen-bond acceptors (Lipinski definition) is 0. The number of hydrogen-bond donors (Lipinski definition) is 0. The van der Waals surface area contributed by atoms with Gasteiger partial charge >= 0.3 is 0 Å². The van der Waals surface area contributed by atoms with E-state index in [0.717, 1.165) is 6.42 Å². The van der Waals surface area contributed by atoms with Crippen LogP contribution < -0.4 is 0 Å². The maximum atomic E-state index is 3.21. The third-order valence-electron chi connectivity index (χ3n) is 1.24. The molecule has 0 N–H and O–H groups in total. The van der Waals surface area contributed by atoms with Gasteiger partial charge in [0.05, 0.1) is 0 Å². The van der Waals surface area contributed by atoms with Gasteiger partial charge in [-0.05, 0) is 6.42 Å². The third kappa shape index (κ3) is 4.62. The predicted molar refractivity (Wildman–Crippen MR) is 35.4 cm³/mol. The smallest absolute Gasteiger partial charge is 0 e. The first-order valence-electron chi connectivity index (χ1n) is 3.20. The van der Waals surface area contributed by atoms with E-state index in [1.54, 1.807) is 0 Å². The molecule has 0 saturated heterocycles. The Hall–Kier alpha value is 0.129. The van der Waals surface area contributed by atoms with Crippen LogP contribution in [0.2, 0.25) is 0 Å². The minimum absolute atomic E-state index is 0. The van der Waals surface area contributed by atoms with E-state index < -0.39 is 0 Å². The van der Waals surface area contributed by atoms with E-state index in [1.165, 1.54) is 19.3 Å². The average molecular weight is 299 g/mol. The molecule has 0 aromatic heterocycles. The second kappa shape index (κ2) is 6.25. The van der Waals surface area contributed by atoms with E-state index in [-0.39, 0.29) is 20.1 Å². The van der Waals surface area contributed by atoms with Crippen LogP contribution in [0.3, 0.4) is 0 Å². The normalized spacial score (nSPS) is 21.3. The monoisotopic (exact) mass is 300 g/mol. The average Bonchev–Trinajstić information content (AvgIpc) is 1.62. The van der Waals surface area contributed by atoms with Crippen molar-refractivity contribution in [3.05, 3.63) is 24.3 Å².